The van der Waals surface area contributed by atoms with Gasteiger partial charge in [-0.3, -0.25) is 0 Å². The predicted molar refractivity (Wildman–Crippen MR) is 120 cm³/mol. The van der Waals surface area contributed by atoms with Crippen LogP contribution in [0.25, 0.3) is 0 Å². The molecule has 162 valence electrons. The summed E-state index contributed by atoms with van der Waals surface area (Å²) in [6, 6.07) is 16.5. The number of benzene rings is 3. The lowest BCUT2D eigenvalue weighted by Gasteiger charge is -2.11. The van der Waals surface area contributed by atoms with E-state index in [1.807, 2.05) is 6.92 Å². The summed E-state index contributed by atoms with van der Waals surface area (Å²) in [5.74, 6) is -0.245. The van der Waals surface area contributed by atoms with Crippen LogP contribution < -0.4 is 9.01 Å². The van der Waals surface area contributed by atoms with Crippen molar-refractivity contribution >= 4 is 49.6 Å². The van der Waals surface area contributed by atoms with Crippen LogP contribution in [0.5, 0.6) is 5.75 Å². The Kier molecular flexibility index (Phi) is 6.90. The maximum absolute atomic E-state index is 12.5. The maximum Gasteiger partial charge on any atom is 0.339 e. The van der Waals surface area contributed by atoms with Gasteiger partial charge in [0.1, 0.15) is 4.90 Å². The molecule has 11 heteroatoms. The molecule has 0 amide bonds. The molecule has 0 spiro atoms. The summed E-state index contributed by atoms with van der Waals surface area (Å²) in [5, 5.41) is 3.52. The number of nitrogens with zero attached hydrogens (tertiary/aromatic N) is 1. The summed E-state index contributed by atoms with van der Waals surface area (Å²) in [6.07, 6.45) is 1.18. The molecular weight excluding hydrogens is 483 g/mol. The minimum Gasteiger partial charge on any atom is -0.376 e. The van der Waals surface area contributed by atoms with Crippen molar-refractivity contribution in [2.45, 2.75) is 16.7 Å². The van der Waals surface area contributed by atoms with E-state index in [1.54, 1.807) is 30.3 Å². The van der Waals surface area contributed by atoms with E-state index in [2.05, 4.69) is 9.93 Å². The van der Waals surface area contributed by atoms with Gasteiger partial charge in [0.25, 0.3) is 10.0 Å². The van der Waals surface area contributed by atoms with Gasteiger partial charge >= 0.3 is 10.1 Å². The second-order valence-corrected chi connectivity index (χ2v) is 10.4. The van der Waals surface area contributed by atoms with Crippen molar-refractivity contribution < 1.29 is 21.0 Å². The van der Waals surface area contributed by atoms with Crippen molar-refractivity contribution in [3.05, 3.63) is 87.9 Å². The smallest absolute Gasteiger partial charge is 0.339 e. The first-order valence-electron chi connectivity index (χ1n) is 8.69. The molecule has 0 aliphatic carbocycles. The molecule has 7 nitrogen and oxygen atoms in total. The second-order valence-electron chi connectivity index (χ2n) is 6.33. The van der Waals surface area contributed by atoms with Crippen LogP contribution in [0.1, 0.15) is 11.1 Å². The van der Waals surface area contributed by atoms with Crippen LogP contribution in [0.2, 0.25) is 10.0 Å². The molecule has 0 aliphatic heterocycles. The van der Waals surface area contributed by atoms with Crippen LogP contribution in [0.4, 0.5) is 0 Å². The van der Waals surface area contributed by atoms with E-state index in [0.717, 1.165) is 5.56 Å². The van der Waals surface area contributed by atoms with Gasteiger partial charge in [0.2, 0.25) is 0 Å². The number of sulfonamides is 1. The Morgan fingerprint density at radius 2 is 1.45 bits per heavy atom. The second kappa shape index (κ2) is 9.27. The Balaban J connectivity index is 1.79. The van der Waals surface area contributed by atoms with Crippen molar-refractivity contribution in [2.24, 2.45) is 5.10 Å². The zero-order valence-corrected chi connectivity index (χ0v) is 19.1. The minimum absolute atomic E-state index is 0.0493. The third kappa shape index (κ3) is 5.76. The molecule has 0 bridgehead atoms. The Labute approximate surface area is 190 Å². The van der Waals surface area contributed by atoms with Crippen molar-refractivity contribution in [3.63, 3.8) is 0 Å². The first kappa shape index (κ1) is 23.1. The van der Waals surface area contributed by atoms with Crippen LogP contribution in [0.3, 0.4) is 0 Å². The van der Waals surface area contributed by atoms with Gasteiger partial charge in [-0.05, 0) is 48.9 Å². The standard InChI is InChI=1S/C20H16Cl2N2O5S2/c1-14-7-9-17(10-8-14)31(27,28)29-20-18(21)11-15(12-19(20)22)13-23-24-30(25,26)16-5-3-2-4-6-16/h2-13,24H,1H3/b23-13-. The summed E-state index contributed by atoms with van der Waals surface area (Å²) in [7, 11) is -7.98. The third-order valence-corrected chi connectivity index (χ3v) is 7.00. The van der Waals surface area contributed by atoms with Gasteiger partial charge in [-0.15, -0.1) is 0 Å². The molecule has 0 saturated heterocycles. The van der Waals surface area contributed by atoms with E-state index < -0.39 is 20.1 Å². The summed E-state index contributed by atoms with van der Waals surface area (Å²) in [4.78, 5) is 2.07. The lowest BCUT2D eigenvalue weighted by Crippen LogP contribution is -2.18. The zero-order valence-electron chi connectivity index (χ0n) is 16.0. The molecule has 0 radical (unpaired) electrons. The van der Waals surface area contributed by atoms with Gasteiger partial charge in [-0.2, -0.15) is 21.9 Å². The van der Waals surface area contributed by atoms with Gasteiger partial charge in [0.05, 0.1) is 21.2 Å². The van der Waals surface area contributed by atoms with Crippen molar-refractivity contribution in [3.8, 4) is 5.75 Å². The Morgan fingerprint density at radius 3 is 2.03 bits per heavy atom. The Hall–Kier alpha value is -2.59. The molecule has 0 heterocycles. The zero-order chi connectivity index (χ0) is 22.6. The van der Waals surface area contributed by atoms with E-state index in [1.165, 1.54) is 42.6 Å². The van der Waals surface area contributed by atoms with Crippen molar-refractivity contribution in [1.82, 2.24) is 4.83 Å². The highest BCUT2D eigenvalue weighted by atomic mass is 35.5. The first-order chi connectivity index (χ1) is 14.6. The molecule has 0 aliphatic rings. The van der Waals surface area contributed by atoms with Gasteiger partial charge in [0.15, 0.2) is 5.75 Å². The SMILES string of the molecule is Cc1ccc(S(=O)(=O)Oc2c(Cl)cc(/C=N\NS(=O)(=O)c3ccccc3)cc2Cl)cc1. The quantitative estimate of drug-likeness (QED) is 0.295. The first-order valence-corrected chi connectivity index (χ1v) is 12.3. The van der Waals surface area contributed by atoms with Crippen LogP contribution in [-0.4, -0.2) is 23.1 Å². The van der Waals surface area contributed by atoms with E-state index in [-0.39, 0.29) is 25.6 Å². The highest BCUT2D eigenvalue weighted by molar-refractivity contribution is 7.89. The van der Waals surface area contributed by atoms with Crippen LogP contribution >= 0.6 is 23.2 Å². The van der Waals surface area contributed by atoms with E-state index in [9.17, 15) is 16.8 Å². The number of rotatable bonds is 7. The lowest BCUT2D eigenvalue weighted by atomic mass is 10.2. The molecule has 0 fully saturated rings. The summed E-state index contributed by atoms with van der Waals surface area (Å²) >= 11 is 12.3. The Morgan fingerprint density at radius 1 is 0.871 bits per heavy atom. The fraction of sp³-hybridized carbons (Fsp3) is 0.0500. The normalized spacial score (nSPS) is 12.1. The highest BCUT2D eigenvalue weighted by Crippen LogP contribution is 2.36. The van der Waals surface area contributed by atoms with Crippen LogP contribution in [0.15, 0.2) is 81.6 Å². The molecular formula is C20H16Cl2N2O5S2. The van der Waals surface area contributed by atoms with Crippen LogP contribution in [-0.2, 0) is 20.1 Å². The van der Waals surface area contributed by atoms with Gasteiger partial charge < -0.3 is 4.18 Å². The third-order valence-electron chi connectivity index (χ3n) is 3.96. The molecule has 3 rings (SSSR count). The number of nitrogens with one attached hydrogen (secondary N) is 1. The number of hydrogen-bond donors (Lipinski definition) is 1. The van der Waals surface area contributed by atoms with Crippen LogP contribution in [0, 0.1) is 6.92 Å². The number of halogens is 2. The predicted octanol–water partition coefficient (Wildman–Crippen LogP) is 4.38. The largest absolute Gasteiger partial charge is 0.376 e. The summed E-state index contributed by atoms with van der Waals surface area (Å²) in [5.41, 5.74) is 1.22. The minimum atomic E-state index is -4.15. The number of aryl methyl sites for hydroxylation is 1. The van der Waals surface area contributed by atoms with Gasteiger partial charge in [-0.25, -0.2) is 4.83 Å². The van der Waals surface area contributed by atoms with Crippen molar-refractivity contribution in [2.75, 3.05) is 0 Å². The fourth-order valence-corrected chi connectivity index (χ4v) is 4.87. The maximum atomic E-state index is 12.5. The molecule has 0 aromatic heterocycles. The molecule has 0 unspecified atom stereocenters. The lowest BCUT2D eigenvalue weighted by molar-refractivity contribution is 0.486. The van der Waals surface area contributed by atoms with Crippen molar-refractivity contribution in [1.29, 1.82) is 0 Å². The molecule has 0 atom stereocenters. The Bertz CT molecular complexity index is 1300. The average molecular weight is 499 g/mol. The molecule has 0 saturated carbocycles. The molecule has 1 N–H and O–H groups in total. The number of hydrogen-bond acceptors (Lipinski definition) is 6. The topological polar surface area (TPSA) is 102 Å². The fourth-order valence-electron chi connectivity index (χ4n) is 2.42. The van der Waals surface area contributed by atoms with E-state index >= 15 is 0 Å². The summed E-state index contributed by atoms with van der Waals surface area (Å²) < 4.78 is 54.4. The van der Waals surface area contributed by atoms with Gasteiger partial charge in [-0.1, -0.05) is 59.1 Å². The molecule has 3 aromatic rings. The molecule has 3 aromatic carbocycles. The van der Waals surface area contributed by atoms with Gasteiger partial charge in [0, 0.05) is 0 Å². The van der Waals surface area contributed by atoms with E-state index in [0.29, 0.717) is 5.56 Å². The van der Waals surface area contributed by atoms with E-state index in [4.69, 9.17) is 27.4 Å². The average Bonchev–Trinajstić information content (AvgIpc) is 2.72. The summed E-state index contributed by atoms with van der Waals surface area (Å²) in [6.45, 7) is 1.82. The molecule has 31 heavy (non-hydrogen) atoms. The monoisotopic (exact) mass is 498 g/mol. The highest BCUT2D eigenvalue weighted by Gasteiger charge is 2.21. The number of hydrazone groups is 1.